The second-order valence-electron chi connectivity index (χ2n) is 4.82. The third-order valence-electron chi connectivity index (χ3n) is 2.81. The zero-order valence-electron chi connectivity index (χ0n) is 13.8. The number of nitrogens with one attached hydrogen (secondary N) is 1. The number of ether oxygens (including phenoxy) is 1. The number of aromatic nitrogens is 2. The minimum Gasteiger partial charge on any atom is -0.479 e. The van der Waals surface area contributed by atoms with Gasteiger partial charge >= 0.3 is 24.0 Å². The highest BCUT2D eigenvalue weighted by molar-refractivity contribution is 7.13. The number of para-hydroxylation sites is 1. The van der Waals surface area contributed by atoms with Gasteiger partial charge in [-0.3, -0.25) is 0 Å². The van der Waals surface area contributed by atoms with E-state index in [2.05, 4.69) is 20.3 Å². The van der Waals surface area contributed by atoms with Crippen LogP contribution in [0.2, 0.25) is 0 Å². The van der Waals surface area contributed by atoms with Gasteiger partial charge in [0.2, 0.25) is 0 Å². The molecule has 0 saturated heterocycles. The third kappa shape index (κ3) is 5.68. The zero-order chi connectivity index (χ0) is 21.6. The average Bonchev–Trinajstić information content (AvgIpc) is 3.10. The third-order valence-corrected chi connectivity index (χ3v) is 3.71. The molecule has 28 heavy (non-hydrogen) atoms. The largest absolute Gasteiger partial charge is 0.479 e. The van der Waals surface area contributed by atoms with Gasteiger partial charge in [0.15, 0.2) is 11.6 Å². The molecule has 2 rings (SSSR count). The SMILES string of the molecule is CNc1ccccc1.O=C(O)COc1nnc(C(F)(F)C(F)(F)C(F)(F)F)s1. The van der Waals surface area contributed by atoms with Crippen LogP contribution in [0.15, 0.2) is 30.3 Å². The highest BCUT2D eigenvalue weighted by atomic mass is 32.1. The van der Waals surface area contributed by atoms with Gasteiger partial charge in [0, 0.05) is 12.7 Å². The van der Waals surface area contributed by atoms with Gasteiger partial charge in [-0.05, 0) is 12.1 Å². The molecule has 156 valence electrons. The van der Waals surface area contributed by atoms with Crippen LogP contribution in [-0.4, -0.2) is 47.0 Å². The van der Waals surface area contributed by atoms with Gasteiger partial charge in [-0.15, -0.1) is 5.10 Å². The van der Waals surface area contributed by atoms with Crippen molar-refractivity contribution in [2.75, 3.05) is 19.0 Å². The maximum atomic E-state index is 13.1. The van der Waals surface area contributed by atoms with Crippen LogP contribution >= 0.6 is 11.3 Å². The molecule has 0 atom stereocenters. The number of hydrogen-bond acceptors (Lipinski definition) is 6. The van der Waals surface area contributed by atoms with E-state index in [1.807, 2.05) is 37.4 Å². The number of hydrogen-bond donors (Lipinski definition) is 2. The second-order valence-corrected chi connectivity index (χ2v) is 5.76. The molecule has 0 unspecified atom stereocenters. The molecule has 2 aromatic rings. The van der Waals surface area contributed by atoms with E-state index in [-0.39, 0.29) is 0 Å². The molecule has 0 bridgehead atoms. The lowest BCUT2D eigenvalue weighted by Gasteiger charge is -2.25. The molecule has 0 aliphatic rings. The summed E-state index contributed by atoms with van der Waals surface area (Å²) in [4.78, 5) is 10.1. The number of carboxylic acids is 1. The lowest BCUT2D eigenvalue weighted by Crippen LogP contribution is -2.50. The monoisotopic (exact) mass is 435 g/mol. The predicted octanol–water partition coefficient (Wildman–Crippen LogP) is 4.02. The molecule has 6 nitrogen and oxygen atoms in total. The quantitative estimate of drug-likeness (QED) is 0.667. The van der Waals surface area contributed by atoms with Crippen LogP contribution in [0.25, 0.3) is 0 Å². The van der Waals surface area contributed by atoms with Gasteiger partial charge < -0.3 is 15.2 Å². The first-order valence-corrected chi connectivity index (χ1v) is 7.88. The van der Waals surface area contributed by atoms with Crippen molar-refractivity contribution in [1.29, 1.82) is 0 Å². The second kappa shape index (κ2) is 9.03. The van der Waals surface area contributed by atoms with E-state index in [1.54, 1.807) is 0 Å². The van der Waals surface area contributed by atoms with E-state index in [9.17, 15) is 35.5 Å². The standard InChI is InChI=1S/C7H3F7N2O3S.C7H9N/c8-5(9,6(10,11)7(12,13)14)3-15-16-4(20-3)19-1-2(17)18;1-8-7-5-3-2-4-6-7/h1H2,(H,17,18);2-6,8H,1H3. The minimum atomic E-state index is -6.50. The molecule has 0 amide bonds. The molecular formula is C14H12F7N3O3S. The van der Waals surface area contributed by atoms with Gasteiger partial charge in [-0.25, -0.2) is 4.79 Å². The predicted molar refractivity (Wildman–Crippen MR) is 83.9 cm³/mol. The molecule has 2 N–H and O–H groups in total. The van der Waals surface area contributed by atoms with Gasteiger partial charge in [-0.2, -0.15) is 30.7 Å². The number of alkyl halides is 7. The van der Waals surface area contributed by atoms with E-state index < -0.39 is 52.1 Å². The maximum Gasteiger partial charge on any atom is 0.460 e. The van der Waals surface area contributed by atoms with Gasteiger partial charge in [0.25, 0.3) is 5.19 Å². The zero-order valence-corrected chi connectivity index (χ0v) is 14.6. The summed E-state index contributed by atoms with van der Waals surface area (Å²) in [5.41, 5.74) is 1.16. The van der Waals surface area contributed by atoms with Gasteiger partial charge in [0.05, 0.1) is 0 Å². The van der Waals surface area contributed by atoms with Crippen LogP contribution in [0, 0.1) is 0 Å². The van der Waals surface area contributed by atoms with Crippen molar-refractivity contribution in [3.8, 4) is 5.19 Å². The van der Waals surface area contributed by atoms with Crippen molar-refractivity contribution in [3.05, 3.63) is 35.3 Å². The maximum absolute atomic E-state index is 13.1. The first kappa shape index (κ1) is 23.4. The topological polar surface area (TPSA) is 84.3 Å². The van der Waals surface area contributed by atoms with E-state index in [0.717, 1.165) is 5.69 Å². The van der Waals surface area contributed by atoms with Crippen LogP contribution < -0.4 is 10.1 Å². The van der Waals surface area contributed by atoms with Crippen molar-refractivity contribution in [2.45, 2.75) is 18.0 Å². The number of halogens is 7. The summed E-state index contributed by atoms with van der Waals surface area (Å²) in [6, 6.07) is 10.1. The number of rotatable bonds is 6. The van der Waals surface area contributed by atoms with E-state index in [0.29, 0.717) is 0 Å². The summed E-state index contributed by atoms with van der Waals surface area (Å²) in [5.74, 6) is -13.5. The van der Waals surface area contributed by atoms with Crippen LogP contribution in [0.4, 0.5) is 36.4 Å². The van der Waals surface area contributed by atoms with Gasteiger partial charge in [-0.1, -0.05) is 34.6 Å². The van der Waals surface area contributed by atoms with Crippen LogP contribution in [-0.2, 0) is 10.7 Å². The highest BCUT2D eigenvalue weighted by Crippen LogP contribution is 2.52. The fourth-order valence-corrected chi connectivity index (χ4v) is 2.14. The van der Waals surface area contributed by atoms with Crippen molar-refractivity contribution >= 4 is 23.0 Å². The van der Waals surface area contributed by atoms with Crippen molar-refractivity contribution in [1.82, 2.24) is 10.2 Å². The average molecular weight is 435 g/mol. The fourth-order valence-electron chi connectivity index (χ4n) is 1.44. The minimum absolute atomic E-state index is 0.413. The summed E-state index contributed by atoms with van der Waals surface area (Å²) >= 11 is -0.413. The molecule has 0 fully saturated rings. The fraction of sp³-hybridized carbons (Fsp3) is 0.357. The van der Waals surface area contributed by atoms with Crippen molar-refractivity contribution in [3.63, 3.8) is 0 Å². The Bertz CT molecular complexity index is 769. The highest BCUT2D eigenvalue weighted by Gasteiger charge is 2.75. The van der Waals surface area contributed by atoms with Crippen LogP contribution in [0.5, 0.6) is 5.19 Å². The molecular weight excluding hydrogens is 423 g/mol. The van der Waals surface area contributed by atoms with E-state index in [1.165, 1.54) is 0 Å². The Hall–Kier alpha value is -2.64. The Morgan fingerprint density at radius 2 is 1.68 bits per heavy atom. The van der Waals surface area contributed by atoms with Gasteiger partial charge in [0.1, 0.15) is 0 Å². The summed E-state index contributed by atoms with van der Waals surface area (Å²) in [6.45, 7) is -1.05. The smallest absolute Gasteiger partial charge is 0.460 e. The first-order chi connectivity index (χ1) is 12.8. The molecule has 0 spiro atoms. The molecule has 1 aromatic heterocycles. The number of carbonyl (C=O) groups is 1. The van der Waals surface area contributed by atoms with Crippen LogP contribution in [0.1, 0.15) is 5.01 Å². The Labute approximate surface area is 157 Å². The number of nitrogens with zero attached hydrogens (tertiary/aromatic N) is 2. The van der Waals surface area contributed by atoms with Crippen molar-refractivity contribution in [2.24, 2.45) is 0 Å². The molecule has 1 heterocycles. The summed E-state index contributed by atoms with van der Waals surface area (Å²) in [6.07, 6.45) is -6.50. The lowest BCUT2D eigenvalue weighted by molar-refractivity contribution is -0.359. The Morgan fingerprint density at radius 1 is 1.11 bits per heavy atom. The summed E-state index contributed by atoms with van der Waals surface area (Å²) in [7, 11) is 1.91. The molecule has 14 heteroatoms. The number of anilines is 1. The molecule has 0 aliphatic carbocycles. The Kier molecular flexibility index (Phi) is 7.55. The number of carboxylic acid groups (broad SMARTS) is 1. The Balaban J connectivity index is 0.000000406. The summed E-state index contributed by atoms with van der Waals surface area (Å²) < 4.78 is 91.4. The van der Waals surface area contributed by atoms with Crippen molar-refractivity contribution < 1.29 is 45.4 Å². The number of aliphatic carboxylic acids is 1. The molecule has 1 aromatic carbocycles. The molecule has 0 aliphatic heterocycles. The number of benzene rings is 1. The molecule has 0 saturated carbocycles. The summed E-state index contributed by atoms with van der Waals surface area (Å²) in [5, 5.41) is 13.6. The van der Waals surface area contributed by atoms with E-state index in [4.69, 9.17) is 5.11 Å². The normalized spacial score (nSPS) is 12.0. The van der Waals surface area contributed by atoms with Crippen LogP contribution in [0.3, 0.4) is 0 Å². The Morgan fingerprint density at radius 3 is 2.11 bits per heavy atom. The van der Waals surface area contributed by atoms with E-state index >= 15 is 0 Å². The first-order valence-electron chi connectivity index (χ1n) is 7.06. The lowest BCUT2D eigenvalue weighted by atomic mass is 10.2. The molecule has 0 radical (unpaired) electrons.